The molecule has 1 N–H and O–H groups in total. The minimum absolute atomic E-state index is 0.121. The summed E-state index contributed by atoms with van der Waals surface area (Å²) in [5.74, 6) is -1.33. The molecule has 1 saturated heterocycles. The largest absolute Gasteiger partial charge is 0.462 e. The minimum atomic E-state index is -0.484. The zero-order valence-electron chi connectivity index (χ0n) is 14.8. The van der Waals surface area contributed by atoms with Crippen molar-refractivity contribution >= 4 is 40.8 Å². The molecule has 3 rings (SSSR count). The van der Waals surface area contributed by atoms with Crippen molar-refractivity contribution in [3.8, 4) is 0 Å². The van der Waals surface area contributed by atoms with Gasteiger partial charge in [0.05, 0.1) is 18.1 Å². The highest BCUT2D eigenvalue weighted by Crippen LogP contribution is 2.28. The first kappa shape index (κ1) is 18.9. The van der Waals surface area contributed by atoms with Crippen LogP contribution in [0.25, 0.3) is 0 Å². The van der Waals surface area contributed by atoms with Crippen LogP contribution < -0.4 is 10.2 Å². The monoisotopic (exact) mass is 386 g/mol. The summed E-state index contributed by atoms with van der Waals surface area (Å²) in [5.41, 5.74) is 1.52. The van der Waals surface area contributed by atoms with Crippen LogP contribution in [0.5, 0.6) is 0 Å². The van der Waals surface area contributed by atoms with E-state index in [-0.39, 0.29) is 31.4 Å². The lowest BCUT2D eigenvalue weighted by atomic mass is 10.1. The highest BCUT2D eigenvalue weighted by Gasteiger charge is 2.35. The average molecular weight is 387 g/mol. The van der Waals surface area contributed by atoms with E-state index in [2.05, 4.69) is 5.32 Å². The number of nitrogens with zero attached hydrogens (tertiary/aromatic N) is 1. The maximum Gasteiger partial charge on any atom is 0.338 e. The van der Waals surface area contributed by atoms with Crippen LogP contribution in [0.15, 0.2) is 48.5 Å². The van der Waals surface area contributed by atoms with Gasteiger partial charge in [-0.25, -0.2) is 4.79 Å². The van der Waals surface area contributed by atoms with Gasteiger partial charge in [0, 0.05) is 29.4 Å². The van der Waals surface area contributed by atoms with Crippen LogP contribution in [0, 0.1) is 5.92 Å². The molecule has 1 atom stereocenters. The number of ether oxygens (including phenoxy) is 1. The number of carbonyl (C=O) groups excluding carboxylic acids is 3. The summed E-state index contributed by atoms with van der Waals surface area (Å²) in [6, 6.07) is 13.5. The summed E-state index contributed by atoms with van der Waals surface area (Å²) in [6.07, 6.45) is 0.121. The number of nitrogens with one attached hydrogen (secondary N) is 1. The average Bonchev–Trinajstić information content (AvgIpc) is 3.04. The second-order valence-corrected chi connectivity index (χ2v) is 6.61. The van der Waals surface area contributed by atoms with Crippen LogP contribution in [0.3, 0.4) is 0 Å². The zero-order chi connectivity index (χ0) is 19.4. The van der Waals surface area contributed by atoms with Gasteiger partial charge < -0.3 is 15.0 Å². The Morgan fingerprint density at radius 2 is 2.00 bits per heavy atom. The fourth-order valence-electron chi connectivity index (χ4n) is 2.96. The minimum Gasteiger partial charge on any atom is -0.462 e. The van der Waals surface area contributed by atoms with Gasteiger partial charge in [-0.05, 0) is 43.3 Å². The Bertz CT molecular complexity index is 884. The number of amides is 2. The molecule has 2 amide bonds. The molecule has 7 heteroatoms. The summed E-state index contributed by atoms with van der Waals surface area (Å²) < 4.78 is 4.96. The highest BCUT2D eigenvalue weighted by atomic mass is 35.5. The third-order valence-corrected chi connectivity index (χ3v) is 4.49. The number of halogens is 1. The second-order valence-electron chi connectivity index (χ2n) is 6.18. The molecule has 6 nitrogen and oxygen atoms in total. The molecule has 1 unspecified atom stereocenters. The summed E-state index contributed by atoms with van der Waals surface area (Å²) in [7, 11) is 0. The normalized spacial score (nSPS) is 16.3. The molecule has 1 aliphatic heterocycles. The lowest BCUT2D eigenvalue weighted by Gasteiger charge is -2.17. The highest BCUT2D eigenvalue weighted by molar-refractivity contribution is 6.31. The van der Waals surface area contributed by atoms with Crippen molar-refractivity contribution in [1.82, 2.24) is 0 Å². The van der Waals surface area contributed by atoms with E-state index in [1.54, 1.807) is 60.4 Å². The number of anilines is 2. The summed E-state index contributed by atoms with van der Waals surface area (Å²) in [4.78, 5) is 38.3. The second kappa shape index (κ2) is 8.22. The van der Waals surface area contributed by atoms with E-state index in [1.165, 1.54) is 0 Å². The van der Waals surface area contributed by atoms with E-state index in [4.69, 9.17) is 16.3 Å². The van der Waals surface area contributed by atoms with Crippen LogP contribution in [0.4, 0.5) is 11.4 Å². The predicted octanol–water partition coefficient (Wildman–Crippen LogP) is 3.51. The molecular weight excluding hydrogens is 368 g/mol. The number of carbonyl (C=O) groups is 3. The molecule has 0 aliphatic carbocycles. The molecule has 140 valence electrons. The van der Waals surface area contributed by atoms with E-state index in [0.29, 0.717) is 22.0 Å². The fourth-order valence-corrected chi connectivity index (χ4v) is 3.14. The molecule has 1 heterocycles. The first-order valence-electron chi connectivity index (χ1n) is 8.62. The van der Waals surface area contributed by atoms with Crippen LogP contribution in [0.1, 0.15) is 23.7 Å². The van der Waals surface area contributed by atoms with Crippen LogP contribution in [0.2, 0.25) is 5.02 Å². The zero-order valence-corrected chi connectivity index (χ0v) is 15.5. The Hall–Kier alpha value is -2.86. The van der Waals surface area contributed by atoms with E-state index in [9.17, 15) is 14.4 Å². The number of rotatable bonds is 5. The topological polar surface area (TPSA) is 75.7 Å². The Morgan fingerprint density at radius 3 is 2.74 bits per heavy atom. The smallest absolute Gasteiger partial charge is 0.338 e. The predicted molar refractivity (Wildman–Crippen MR) is 103 cm³/mol. The van der Waals surface area contributed by atoms with Gasteiger partial charge in [-0.3, -0.25) is 9.59 Å². The number of hydrogen-bond donors (Lipinski definition) is 1. The van der Waals surface area contributed by atoms with Crippen molar-refractivity contribution in [1.29, 1.82) is 0 Å². The summed E-state index contributed by atoms with van der Waals surface area (Å²) in [5, 5.41) is 3.30. The van der Waals surface area contributed by atoms with Crippen molar-refractivity contribution in [3.63, 3.8) is 0 Å². The molecule has 0 bridgehead atoms. The maximum absolute atomic E-state index is 12.6. The summed E-state index contributed by atoms with van der Waals surface area (Å²) >= 11 is 5.99. The fraction of sp³-hybridized carbons (Fsp3) is 0.250. The van der Waals surface area contributed by atoms with Gasteiger partial charge in [-0.2, -0.15) is 0 Å². The van der Waals surface area contributed by atoms with E-state index in [1.807, 2.05) is 0 Å². The molecule has 0 saturated carbocycles. The third kappa shape index (κ3) is 4.46. The first-order valence-corrected chi connectivity index (χ1v) is 8.99. The molecule has 0 radical (unpaired) electrons. The van der Waals surface area contributed by atoms with Gasteiger partial charge in [-0.15, -0.1) is 0 Å². The van der Waals surface area contributed by atoms with Crippen LogP contribution >= 0.6 is 11.6 Å². The molecule has 1 fully saturated rings. The molecular formula is C20H19ClN2O4. The molecule has 0 aromatic heterocycles. The van der Waals surface area contributed by atoms with Gasteiger partial charge in [0.1, 0.15) is 0 Å². The standard InChI is InChI=1S/C20H19ClN2O4/c1-2-27-20(26)13-5-3-7-16(9-13)22-19(25)14-10-18(24)23(12-14)17-8-4-6-15(21)11-17/h3-9,11,14H,2,10,12H2,1H3,(H,22,25). The van der Waals surface area contributed by atoms with E-state index < -0.39 is 11.9 Å². The van der Waals surface area contributed by atoms with Gasteiger partial charge in [0.2, 0.25) is 11.8 Å². The number of esters is 1. The van der Waals surface area contributed by atoms with Crippen molar-refractivity contribution in [2.45, 2.75) is 13.3 Å². The maximum atomic E-state index is 12.6. The quantitative estimate of drug-likeness (QED) is 0.798. The van der Waals surface area contributed by atoms with E-state index in [0.717, 1.165) is 0 Å². The Morgan fingerprint density at radius 1 is 1.22 bits per heavy atom. The Kier molecular flexibility index (Phi) is 5.76. The van der Waals surface area contributed by atoms with Gasteiger partial charge in [0.15, 0.2) is 0 Å². The van der Waals surface area contributed by atoms with Crippen LogP contribution in [-0.2, 0) is 14.3 Å². The molecule has 0 spiro atoms. The Balaban J connectivity index is 1.68. The summed E-state index contributed by atoms with van der Waals surface area (Å²) in [6.45, 7) is 2.29. The van der Waals surface area contributed by atoms with Crippen LogP contribution in [-0.4, -0.2) is 30.9 Å². The van der Waals surface area contributed by atoms with Crippen molar-refractivity contribution in [2.75, 3.05) is 23.4 Å². The van der Waals surface area contributed by atoms with Crippen molar-refractivity contribution in [3.05, 3.63) is 59.1 Å². The lowest BCUT2D eigenvalue weighted by Crippen LogP contribution is -2.28. The van der Waals surface area contributed by atoms with Crippen molar-refractivity contribution in [2.24, 2.45) is 5.92 Å². The number of hydrogen-bond acceptors (Lipinski definition) is 4. The van der Waals surface area contributed by atoms with Crippen molar-refractivity contribution < 1.29 is 19.1 Å². The van der Waals surface area contributed by atoms with Gasteiger partial charge in [0.25, 0.3) is 0 Å². The Labute approximate surface area is 162 Å². The third-order valence-electron chi connectivity index (χ3n) is 4.26. The van der Waals surface area contributed by atoms with Gasteiger partial charge >= 0.3 is 5.97 Å². The first-order chi connectivity index (χ1) is 13.0. The molecule has 2 aromatic rings. The molecule has 2 aromatic carbocycles. The molecule has 1 aliphatic rings. The number of benzene rings is 2. The molecule has 27 heavy (non-hydrogen) atoms. The SMILES string of the molecule is CCOC(=O)c1cccc(NC(=O)C2CC(=O)N(c3cccc(Cl)c3)C2)c1. The lowest BCUT2D eigenvalue weighted by molar-refractivity contribution is -0.122. The van der Waals surface area contributed by atoms with E-state index >= 15 is 0 Å². The van der Waals surface area contributed by atoms with Gasteiger partial charge in [-0.1, -0.05) is 23.7 Å².